The number of ketones is 2. The largest absolute Gasteiger partial charge is 0.507 e. The molecule has 0 amide bonds. The van der Waals surface area contributed by atoms with Gasteiger partial charge in [-0.3, -0.25) is 9.59 Å². The third kappa shape index (κ3) is 5.34. The fourth-order valence-corrected chi connectivity index (χ4v) is 2.39. The Morgan fingerprint density at radius 2 is 1.43 bits per heavy atom. The Hall–Kier alpha value is -1.90. The van der Waals surface area contributed by atoms with Crippen molar-refractivity contribution in [2.75, 3.05) is 0 Å². The van der Waals surface area contributed by atoms with Crippen molar-refractivity contribution in [3.63, 3.8) is 0 Å². The van der Waals surface area contributed by atoms with Crippen LogP contribution in [0.4, 0.5) is 0 Å². The van der Waals surface area contributed by atoms with E-state index in [4.69, 9.17) is 0 Å². The van der Waals surface area contributed by atoms with Crippen molar-refractivity contribution in [2.24, 2.45) is 0 Å². The van der Waals surface area contributed by atoms with Crippen LogP contribution in [0.3, 0.4) is 0 Å². The molecule has 0 fully saturated rings. The van der Waals surface area contributed by atoms with Crippen molar-refractivity contribution < 1.29 is 14.7 Å². The number of phenolic OH excluding ortho intramolecular Hbond substituents is 1. The molecule has 0 radical (unpaired) electrons. The van der Waals surface area contributed by atoms with Gasteiger partial charge in [0.1, 0.15) is 11.5 Å². The van der Waals surface area contributed by atoms with Gasteiger partial charge in [-0.05, 0) is 41.5 Å². The second kappa shape index (κ2) is 6.69. The molecule has 0 heterocycles. The van der Waals surface area contributed by atoms with Crippen molar-refractivity contribution in [3.8, 4) is 5.75 Å². The Balaban J connectivity index is 3.37. The molecule has 0 spiro atoms. The van der Waals surface area contributed by atoms with E-state index in [-0.39, 0.29) is 28.8 Å². The Morgan fingerprint density at radius 3 is 1.78 bits per heavy atom. The normalized spacial score (nSPS) is 12.7. The van der Waals surface area contributed by atoms with Crippen LogP contribution in [-0.2, 0) is 20.4 Å². The highest BCUT2D eigenvalue weighted by molar-refractivity contribution is 6.05. The summed E-state index contributed by atoms with van der Waals surface area (Å²) in [5.74, 6) is -0.0338. The van der Waals surface area contributed by atoms with E-state index in [0.29, 0.717) is 5.75 Å². The molecule has 1 rings (SSSR count). The van der Waals surface area contributed by atoms with E-state index in [1.165, 1.54) is 13.0 Å². The number of carbonyl (C=O) groups excluding carboxylic acids is 2. The molecule has 1 aromatic rings. The lowest BCUT2D eigenvalue weighted by Gasteiger charge is -2.27. The minimum absolute atomic E-state index is 0.0765. The van der Waals surface area contributed by atoms with E-state index in [2.05, 4.69) is 0 Å². The molecule has 23 heavy (non-hydrogen) atoms. The van der Waals surface area contributed by atoms with Gasteiger partial charge in [0.25, 0.3) is 0 Å². The lowest BCUT2D eigenvalue weighted by molar-refractivity contribution is -0.123. The van der Waals surface area contributed by atoms with Crippen LogP contribution < -0.4 is 0 Å². The Morgan fingerprint density at radius 1 is 1.00 bits per heavy atom. The van der Waals surface area contributed by atoms with E-state index < -0.39 is 0 Å². The summed E-state index contributed by atoms with van der Waals surface area (Å²) < 4.78 is 0. The molecule has 0 unspecified atom stereocenters. The van der Waals surface area contributed by atoms with Crippen LogP contribution in [0.25, 0.3) is 6.08 Å². The summed E-state index contributed by atoms with van der Waals surface area (Å²) in [6, 6.07) is 3.81. The van der Waals surface area contributed by atoms with Gasteiger partial charge in [0.15, 0.2) is 5.78 Å². The molecule has 1 aromatic carbocycles. The summed E-state index contributed by atoms with van der Waals surface area (Å²) >= 11 is 0. The molecule has 3 nitrogen and oxygen atoms in total. The maximum atomic E-state index is 11.7. The number of hydrogen-bond acceptors (Lipinski definition) is 3. The topological polar surface area (TPSA) is 54.4 Å². The first-order chi connectivity index (χ1) is 10.3. The monoisotopic (exact) mass is 316 g/mol. The van der Waals surface area contributed by atoms with Crippen LogP contribution in [0.2, 0.25) is 0 Å². The molecule has 0 atom stereocenters. The molecule has 1 N–H and O–H groups in total. The maximum absolute atomic E-state index is 11.7. The Kier molecular flexibility index (Phi) is 5.57. The van der Waals surface area contributed by atoms with Gasteiger partial charge in [-0.25, -0.2) is 0 Å². The number of carbonyl (C=O) groups is 2. The summed E-state index contributed by atoms with van der Waals surface area (Å²) in [7, 11) is 0. The van der Waals surface area contributed by atoms with Crippen LogP contribution in [0.5, 0.6) is 5.75 Å². The predicted octanol–water partition coefficient (Wildman–Crippen LogP) is 4.55. The highest BCUT2D eigenvalue weighted by atomic mass is 16.3. The number of hydrogen-bond donors (Lipinski definition) is 1. The molecule has 126 valence electrons. The van der Waals surface area contributed by atoms with Crippen LogP contribution in [0.1, 0.15) is 71.6 Å². The standard InChI is InChI=1S/C20H28O3/c1-13(21)10-15(22)9-8-14-11-16(19(2,3)4)18(23)17(12-14)20(5,6)7/h8-9,11-12,23H,10H2,1-7H3/b9-8+. The van der Waals surface area contributed by atoms with Crippen molar-refractivity contribution in [3.05, 3.63) is 34.9 Å². The van der Waals surface area contributed by atoms with E-state index in [9.17, 15) is 14.7 Å². The van der Waals surface area contributed by atoms with Crippen molar-refractivity contribution in [1.29, 1.82) is 0 Å². The summed E-state index contributed by atoms with van der Waals surface area (Å²) in [5.41, 5.74) is 2.14. The van der Waals surface area contributed by atoms with Gasteiger partial charge in [-0.15, -0.1) is 0 Å². The molecular formula is C20H28O3. The van der Waals surface area contributed by atoms with Crippen molar-refractivity contribution >= 4 is 17.6 Å². The van der Waals surface area contributed by atoms with Gasteiger partial charge in [0.2, 0.25) is 0 Å². The van der Waals surface area contributed by atoms with Gasteiger partial charge in [0.05, 0.1) is 6.42 Å². The lowest BCUT2D eigenvalue weighted by atomic mass is 9.78. The van der Waals surface area contributed by atoms with E-state index in [1.807, 2.05) is 53.7 Å². The average molecular weight is 316 g/mol. The Bertz CT molecular complexity index is 603. The fraction of sp³-hybridized carbons (Fsp3) is 0.500. The van der Waals surface area contributed by atoms with E-state index >= 15 is 0 Å². The molecule has 0 aliphatic heterocycles. The summed E-state index contributed by atoms with van der Waals surface area (Å²) in [6.07, 6.45) is 3.08. The van der Waals surface area contributed by atoms with Crippen LogP contribution in [0.15, 0.2) is 18.2 Å². The number of aromatic hydroxyl groups is 1. The molecule has 0 bridgehead atoms. The van der Waals surface area contributed by atoms with Gasteiger partial charge in [-0.1, -0.05) is 47.6 Å². The van der Waals surface area contributed by atoms with Crippen molar-refractivity contribution in [1.82, 2.24) is 0 Å². The van der Waals surface area contributed by atoms with Gasteiger partial charge in [0, 0.05) is 11.1 Å². The zero-order valence-corrected chi connectivity index (χ0v) is 15.3. The second-order valence-corrected chi connectivity index (χ2v) is 8.14. The van der Waals surface area contributed by atoms with Crippen LogP contribution in [0, 0.1) is 0 Å². The molecular weight excluding hydrogens is 288 g/mol. The third-order valence-electron chi connectivity index (χ3n) is 3.63. The molecule has 3 heteroatoms. The fourth-order valence-electron chi connectivity index (χ4n) is 2.39. The molecule has 0 aliphatic carbocycles. The zero-order chi connectivity index (χ0) is 18.0. The molecule has 0 saturated carbocycles. The van der Waals surface area contributed by atoms with Crippen LogP contribution >= 0.6 is 0 Å². The maximum Gasteiger partial charge on any atom is 0.163 e. The number of phenols is 1. The lowest BCUT2D eigenvalue weighted by Crippen LogP contribution is -2.17. The third-order valence-corrected chi connectivity index (χ3v) is 3.63. The Labute approximate surface area is 139 Å². The van der Waals surface area contributed by atoms with E-state index in [0.717, 1.165) is 16.7 Å². The van der Waals surface area contributed by atoms with Gasteiger partial charge in [-0.2, -0.15) is 0 Å². The molecule has 0 aromatic heterocycles. The van der Waals surface area contributed by atoms with Crippen molar-refractivity contribution in [2.45, 2.75) is 65.7 Å². The van der Waals surface area contributed by atoms with Gasteiger partial charge >= 0.3 is 0 Å². The second-order valence-electron chi connectivity index (χ2n) is 8.14. The smallest absolute Gasteiger partial charge is 0.163 e. The zero-order valence-electron chi connectivity index (χ0n) is 15.3. The highest BCUT2D eigenvalue weighted by Gasteiger charge is 2.26. The number of benzene rings is 1. The first-order valence-corrected chi connectivity index (χ1v) is 7.90. The number of Topliss-reactive ketones (excluding diaryl/α,β-unsaturated/α-hetero) is 1. The first-order valence-electron chi connectivity index (χ1n) is 7.90. The highest BCUT2D eigenvalue weighted by Crippen LogP contribution is 2.39. The minimum atomic E-state index is -0.211. The van der Waals surface area contributed by atoms with E-state index in [1.54, 1.807) is 6.08 Å². The quantitative estimate of drug-likeness (QED) is 0.655. The summed E-state index contributed by atoms with van der Waals surface area (Å²) in [6.45, 7) is 13.7. The predicted molar refractivity (Wildman–Crippen MR) is 94.8 cm³/mol. The first kappa shape index (κ1) is 19.1. The van der Waals surface area contributed by atoms with Crippen LogP contribution in [-0.4, -0.2) is 16.7 Å². The SMILES string of the molecule is CC(=O)CC(=O)/C=C/c1cc(C(C)(C)C)c(O)c(C(C)(C)C)c1. The molecule has 0 aliphatic rings. The number of allylic oxidation sites excluding steroid dienone is 1. The van der Waals surface area contributed by atoms with Gasteiger partial charge < -0.3 is 5.11 Å². The minimum Gasteiger partial charge on any atom is -0.507 e. The number of rotatable bonds is 4. The average Bonchev–Trinajstić information content (AvgIpc) is 2.33. The molecule has 0 saturated heterocycles. The summed E-state index contributed by atoms with van der Waals surface area (Å²) in [4.78, 5) is 22.7. The summed E-state index contributed by atoms with van der Waals surface area (Å²) in [5, 5.41) is 10.6.